The zero-order valence-electron chi connectivity index (χ0n) is 9.16. The molecular weight excluding hydrogens is 212 g/mol. The Hall–Kier alpha value is -1.10. The predicted octanol–water partition coefficient (Wildman–Crippen LogP) is 2.27. The molecule has 1 unspecified atom stereocenters. The molecule has 1 aromatic heterocycles. The second kappa shape index (κ2) is 4.82. The van der Waals surface area contributed by atoms with E-state index in [-0.39, 0.29) is 5.56 Å². The number of nitrogens with zero attached hydrogens (tertiary/aromatic N) is 2. The SMILES string of the molecule is C[C@H]1CC(c2ncc(C(F)F)cn2)CCN1. The molecule has 0 amide bonds. The lowest BCUT2D eigenvalue weighted by molar-refractivity contribution is 0.150. The topological polar surface area (TPSA) is 37.8 Å². The van der Waals surface area contributed by atoms with Crippen molar-refractivity contribution < 1.29 is 8.78 Å². The van der Waals surface area contributed by atoms with Gasteiger partial charge in [-0.05, 0) is 26.3 Å². The third kappa shape index (κ3) is 2.52. The van der Waals surface area contributed by atoms with Gasteiger partial charge < -0.3 is 5.32 Å². The Labute approximate surface area is 93.3 Å². The Bertz CT molecular complexity index is 340. The normalized spacial score (nSPS) is 26.0. The molecule has 0 aromatic carbocycles. The van der Waals surface area contributed by atoms with Gasteiger partial charge in [0.2, 0.25) is 0 Å². The van der Waals surface area contributed by atoms with Gasteiger partial charge in [-0.15, -0.1) is 0 Å². The van der Waals surface area contributed by atoms with Crippen LogP contribution in [-0.2, 0) is 0 Å². The van der Waals surface area contributed by atoms with Gasteiger partial charge in [0.25, 0.3) is 6.43 Å². The molecule has 3 nitrogen and oxygen atoms in total. The monoisotopic (exact) mass is 227 g/mol. The maximum Gasteiger partial charge on any atom is 0.266 e. The van der Waals surface area contributed by atoms with E-state index in [1.807, 2.05) is 0 Å². The van der Waals surface area contributed by atoms with Crippen molar-refractivity contribution in [1.82, 2.24) is 15.3 Å². The van der Waals surface area contributed by atoms with E-state index in [2.05, 4.69) is 22.2 Å². The highest BCUT2D eigenvalue weighted by atomic mass is 19.3. The minimum Gasteiger partial charge on any atom is -0.314 e. The minimum atomic E-state index is -2.49. The summed E-state index contributed by atoms with van der Waals surface area (Å²) in [6.45, 7) is 3.05. The van der Waals surface area contributed by atoms with Gasteiger partial charge in [-0.2, -0.15) is 0 Å². The summed E-state index contributed by atoms with van der Waals surface area (Å²) in [5.41, 5.74) is -0.106. The van der Waals surface area contributed by atoms with Crippen molar-refractivity contribution in [3.05, 3.63) is 23.8 Å². The van der Waals surface area contributed by atoms with E-state index in [9.17, 15) is 8.78 Å². The third-order valence-corrected chi connectivity index (χ3v) is 2.93. The highest BCUT2D eigenvalue weighted by Crippen LogP contribution is 2.25. The van der Waals surface area contributed by atoms with Crippen LogP contribution in [0.4, 0.5) is 8.78 Å². The predicted molar refractivity (Wildman–Crippen MR) is 56.4 cm³/mol. The third-order valence-electron chi connectivity index (χ3n) is 2.93. The molecule has 5 heteroatoms. The number of hydrogen-bond acceptors (Lipinski definition) is 3. The molecule has 16 heavy (non-hydrogen) atoms. The molecular formula is C11H15F2N3. The van der Waals surface area contributed by atoms with Crippen molar-refractivity contribution in [2.45, 2.75) is 38.2 Å². The van der Waals surface area contributed by atoms with Crippen molar-refractivity contribution in [2.75, 3.05) is 6.54 Å². The van der Waals surface area contributed by atoms with Crippen LogP contribution in [0, 0.1) is 0 Å². The number of alkyl halides is 2. The molecule has 0 bridgehead atoms. The molecule has 1 fully saturated rings. The molecule has 0 radical (unpaired) electrons. The molecule has 2 rings (SSSR count). The molecule has 0 aliphatic carbocycles. The zero-order valence-corrected chi connectivity index (χ0v) is 9.16. The lowest BCUT2D eigenvalue weighted by Gasteiger charge is -2.26. The van der Waals surface area contributed by atoms with Gasteiger partial charge >= 0.3 is 0 Å². The first-order valence-corrected chi connectivity index (χ1v) is 5.50. The van der Waals surface area contributed by atoms with Crippen LogP contribution in [0.2, 0.25) is 0 Å². The lowest BCUT2D eigenvalue weighted by Crippen LogP contribution is -2.35. The first-order chi connectivity index (χ1) is 7.66. The van der Waals surface area contributed by atoms with Crippen LogP contribution in [0.3, 0.4) is 0 Å². The van der Waals surface area contributed by atoms with E-state index in [1.54, 1.807) is 0 Å². The molecule has 0 saturated carbocycles. The second-order valence-corrected chi connectivity index (χ2v) is 4.25. The first kappa shape index (κ1) is 11.4. The van der Waals surface area contributed by atoms with E-state index < -0.39 is 6.43 Å². The van der Waals surface area contributed by atoms with E-state index in [0.29, 0.717) is 17.8 Å². The van der Waals surface area contributed by atoms with Crippen molar-refractivity contribution in [1.29, 1.82) is 0 Å². The van der Waals surface area contributed by atoms with Crippen LogP contribution in [0.1, 0.15) is 43.5 Å². The van der Waals surface area contributed by atoms with Crippen molar-refractivity contribution >= 4 is 0 Å². The Morgan fingerprint density at radius 2 is 2.06 bits per heavy atom. The quantitative estimate of drug-likeness (QED) is 0.842. The summed E-state index contributed by atoms with van der Waals surface area (Å²) in [7, 11) is 0. The van der Waals surface area contributed by atoms with Crippen LogP contribution >= 0.6 is 0 Å². The van der Waals surface area contributed by atoms with Crippen LogP contribution in [-0.4, -0.2) is 22.6 Å². The van der Waals surface area contributed by atoms with Crippen molar-refractivity contribution in [2.24, 2.45) is 0 Å². The minimum absolute atomic E-state index is 0.106. The van der Waals surface area contributed by atoms with Gasteiger partial charge in [0.05, 0.1) is 5.56 Å². The van der Waals surface area contributed by atoms with Crippen LogP contribution < -0.4 is 5.32 Å². The average molecular weight is 227 g/mol. The Kier molecular flexibility index (Phi) is 3.43. The summed E-state index contributed by atoms with van der Waals surface area (Å²) in [4.78, 5) is 8.08. The van der Waals surface area contributed by atoms with Crippen molar-refractivity contribution in [3.8, 4) is 0 Å². The fourth-order valence-corrected chi connectivity index (χ4v) is 2.04. The molecule has 88 valence electrons. The summed E-state index contributed by atoms with van der Waals surface area (Å²) in [6, 6.07) is 0.442. The number of rotatable bonds is 2. The highest BCUT2D eigenvalue weighted by Gasteiger charge is 2.22. The summed E-state index contributed by atoms with van der Waals surface area (Å²) >= 11 is 0. The zero-order chi connectivity index (χ0) is 11.5. The first-order valence-electron chi connectivity index (χ1n) is 5.50. The van der Waals surface area contributed by atoms with Gasteiger partial charge in [0.15, 0.2) is 0 Å². The summed E-state index contributed by atoms with van der Waals surface area (Å²) in [5.74, 6) is 0.987. The van der Waals surface area contributed by atoms with Gasteiger partial charge in [0.1, 0.15) is 5.82 Å². The van der Waals surface area contributed by atoms with E-state index in [0.717, 1.165) is 19.4 Å². The molecule has 1 aliphatic rings. The van der Waals surface area contributed by atoms with Crippen LogP contribution in [0.5, 0.6) is 0 Å². The Balaban J connectivity index is 2.09. The van der Waals surface area contributed by atoms with E-state index in [1.165, 1.54) is 12.4 Å². The number of nitrogens with one attached hydrogen (secondary N) is 1. The van der Waals surface area contributed by atoms with E-state index >= 15 is 0 Å². The summed E-state index contributed by atoms with van der Waals surface area (Å²) in [6.07, 6.45) is 1.92. The lowest BCUT2D eigenvalue weighted by atomic mass is 9.92. The van der Waals surface area contributed by atoms with Gasteiger partial charge in [-0.1, -0.05) is 0 Å². The maximum atomic E-state index is 12.3. The number of hydrogen-bond donors (Lipinski definition) is 1. The highest BCUT2D eigenvalue weighted by molar-refractivity contribution is 5.09. The number of piperidine rings is 1. The molecule has 2 heterocycles. The van der Waals surface area contributed by atoms with Gasteiger partial charge in [-0.25, -0.2) is 18.7 Å². The number of halogens is 2. The smallest absolute Gasteiger partial charge is 0.266 e. The maximum absolute atomic E-state index is 12.3. The molecule has 0 spiro atoms. The van der Waals surface area contributed by atoms with Gasteiger partial charge in [-0.3, -0.25) is 0 Å². The van der Waals surface area contributed by atoms with Gasteiger partial charge in [0, 0.05) is 24.4 Å². The summed E-state index contributed by atoms with van der Waals surface area (Å²) in [5, 5.41) is 3.34. The second-order valence-electron chi connectivity index (χ2n) is 4.25. The van der Waals surface area contributed by atoms with Crippen molar-refractivity contribution in [3.63, 3.8) is 0 Å². The molecule has 2 atom stereocenters. The fraction of sp³-hybridized carbons (Fsp3) is 0.636. The Morgan fingerprint density at radius 1 is 1.38 bits per heavy atom. The van der Waals surface area contributed by atoms with Crippen LogP contribution in [0.25, 0.3) is 0 Å². The molecule has 1 aliphatic heterocycles. The fourth-order valence-electron chi connectivity index (χ4n) is 2.04. The molecule has 1 saturated heterocycles. The molecule has 1 N–H and O–H groups in total. The Morgan fingerprint density at radius 3 is 2.62 bits per heavy atom. The average Bonchev–Trinajstić information content (AvgIpc) is 2.29. The molecule has 1 aromatic rings. The standard InChI is InChI=1S/C11H15F2N3/c1-7-4-8(2-3-14-7)11-15-5-9(6-16-11)10(12)13/h5-8,10,14H,2-4H2,1H3/t7-,8?/m0/s1. The largest absolute Gasteiger partial charge is 0.314 e. The summed E-state index contributed by atoms with van der Waals surface area (Å²) < 4.78 is 24.6. The van der Waals surface area contributed by atoms with Crippen LogP contribution in [0.15, 0.2) is 12.4 Å². The number of aromatic nitrogens is 2. The van der Waals surface area contributed by atoms with E-state index in [4.69, 9.17) is 0 Å².